The highest BCUT2D eigenvalue weighted by Gasteiger charge is 2.33. The van der Waals surface area contributed by atoms with E-state index in [0.717, 1.165) is 5.56 Å². The van der Waals surface area contributed by atoms with Crippen molar-refractivity contribution in [1.82, 2.24) is 10.2 Å². The first-order valence-corrected chi connectivity index (χ1v) is 10.7. The average Bonchev–Trinajstić information content (AvgIpc) is 2.84. The van der Waals surface area contributed by atoms with Gasteiger partial charge >= 0.3 is 6.36 Å². The molecule has 34 heavy (non-hydrogen) atoms. The number of nitrogens with one attached hydrogen (secondary N) is 1. The Bertz CT molecular complexity index is 1130. The maximum absolute atomic E-state index is 12.7. The van der Waals surface area contributed by atoms with Gasteiger partial charge in [-0.2, -0.15) is 0 Å². The Morgan fingerprint density at radius 2 is 1.65 bits per heavy atom. The second-order valence-corrected chi connectivity index (χ2v) is 7.77. The summed E-state index contributed by atoms with van der Waals surface area (Å²) in [6, 6.07) is 16.8. The number of carbonyl (C=O) groups is 1. The predicted molar refractivity (Wildman–Crippen MR) is 121 cm³/mol. The molecule has 1 amide bonds. The monoisotopic (exact) mass is 472 g/mol. The smallest absolute Gasteiger partial charge is 0.496 e. The predicted octanol–water partition coefficient (Wildman–Crippen LogP) is 4.91. The minimum absolute atomic E-state index is 0.00921. The summed E-state index contributed by atoms with van der Waals surface area (Å²) in [5.74, 6) is 0.290. The van der Waals surface area contributed by atoms with Crippen LogP contribution in [0.1, 0.15) is 12.8 Å². The zero-order valence-corrected chi connectivity index (χ0v) is 18.4. The number of nitrogens with zero attached hydrogens (tertiary/aromatic N) is 3. The van der Waals surface area contributed by atoms with Crippen LogP contribution in [0.25, 0.3) is 11.3 Å². The van der Waals surface area contributed by atoms with Gasteiger partial charge in [-0.3, -0.25) is 4.79 Å². The molecule has 1 aliphatic heterocycles. The van der Waals surface area contributed by atoms with Crippen LogP contribution in [0, 0.1) is 5.92 Å². The van der Waals surface area contributed by atoms with Crippen molar-refractivity contribution in [2.45, 2.75) is 19.2 Å². The van der Waals surface area contributed by atoms with E-state index < -0.39 is 12.1 Å². The molecular weight excluding hydrogens is 449 g/mol. The summed E-state index contributed by atoms with van der Waals surface area (Å²) in [5.41, 5.74) is 1.52. The van der Waals surface area contributed by atoms with Gasteiger partial charge in [0.25, 0.3) is 0 Å². The molecule has 0 atom stereocenters. The molecule has 178 valence electrons. The minimum Gasteiger partial charge on any atom is -0.496 e. The molecule has 1 fully saturated rings. The molecule has 0 spiro atoms. The molecule has 0 saturated carbocycles. The van der Waals surface area contributed by atoms with Crippen molar-refractivity contribution in [1.29, 1.82) is 0 Å². The fourth-order valence-electron chi connectivity index (χ4n) is 3.88. The molecule has 0 aliphatic carbocycles. The quantitative estimate of drug-likeness (QED) is 0.550. The summed E-state index contributed by atoms with van der Waals surface area (Å²) in [4.78, 5) is 14.7. The van der Waals surface area contributed by atoms with Crippen molar-refractivity contribution in [2.24, 2.45) is 5.92 Å². The first kappa shape index (κ1) is 23.3. The largest absolute Gasteiger partial charge is 0.573 e. The maximum Gasteiger partial charge on any atom is 0.573 e. The van der Waals surface area contributed by atoms with Crippen LogP contribution >= 0.6 is 0 Å². The van der Waals surface area contributed by atoms with Crippen molar-refractivity contribution in [3.63, 3.8) is 0 Å². The third-order valence-corrected chi connectivity index (χ3v) is 5.59. The van der Waals surface area contributed by atoms with Crippen molar-refractivity contribution in [2.75, 3.05) is 30.4 Å². The second kappa shape index (κ2) is 9.98. The number of aromatic nitrogens is 2. The zero-order valence-electron chi connectivity index (χ0n) is 18.4. The van der Waals surface area contributed by atoms with Crippen LogP contribution in [-0.2, 0) is 4.79 Å². The summed E-state index contributed by atoms with van der Waals surface area (Å²) in [6.07, 6.45) is -3.78. The molecular formula is C24H23F3N4O3. The number of ether oxygens (including phenoxy) is 2. The highest BCUT2D eigenvalue weighted by molar-refractivity contribution is 5.94. The van der Waals surface area contributed by atoms with Crippen molar-refractivity contribution < 1.29 is 27.4 Å². The first-order valence-electron chi connectivity index (χ1n) is 10.7. The maximum atomic E-state index is 12.7. The van der Waals surface area contributed by atoms with Crippen LogP contribution in [-0.4, -0.2) is 42.7 Å². The third-order valence-electron chi connectivity index (χ3n) is 5.59. The SMILES string of the molecule is COc1ccccc1-c1ccc(N2CCC(C(=O)Nc3ccccc3OC(F)(F)F)CC2)nn1. The number of carbonyl (C=O) groups excluding carboxylic acids is 1. The van der Waals surface area contributed by atoms with E-state index in [0.29, 0.717) is 43.2 Å². The highest BCUT2D eigenvalue weighted by atomic mass is 19.4. The summed E-state index contributed by atoms with van der Waals surface area (Å²) >= 11 is 0. The summed E-state index contributed by atoms with van der Waals surface area (Å²) in [5, 5.41) is 11.2. The lowest BCUT2D eigenvalue weighted by Gasteiger charge is -2.32. The summed E-state index contributed by atoms with van der Waals surface area (Å²) in [6.45, 7) is 1.14. The first-order chi connectivity index (χ1) is 16.3. The molecule has 3 aromatic rings. The fourth-order valence-corrected chi connectivity index (χ4v) is 3.88. The molecule has 1 N–H and O–H groups in total. The van der Waals surface area contributed by atoms with Crippen LogP contribution < -0.4 is 19.7 Å². The van der Waals surface area contributed by atoms with E-state index in [9.17, 15) is 18.0 Å². The van der Waals surface area contributed by atoms with E-state index in [1.54, 1.807) is 7.11 Å². The molecule has 0 unspecified atom stereocenters. The number of rotatable bonds is 6. The van der Waals surface area contributed by atoms with Crippen molar-refractivity contribution in [3.8, 4) is 22.8 Å². The molecule has 1 saturated heterocycles. The van der Waals surface area contributed by atoms with Gasteiger partial charge in [-0.1, -0.05) is 24.3 Å². The molecule has 10 heteroatoms. The number of amides is 1. The number of methoxy groups -OCH3 is 1. The number of para-hydroxylation sites is 3. The van der Waals surface area contributed by atoms with E-state index in [2.05, 4.69) is 20.3 Å². The molecule has 2 heterocycles. The van der Waals surface area contributed by atoms with E-state index in [-0.39, 0.29) is 17.5 Å². The lowest BCUT2D eigenvalue weighted by atomic mass is 9.95. The highest BCUT2D eigenvalue weighted by Crippen LogP contribution is 2.32. The Labute approximate surface area is 194 Å². The lowest BCUT2D eigenvalue weighted by molar-refractivity contribution is -0.274. The van der Waals surface area contributed by atoms with Crippen LogP contribution in [0.3, 0.4) is 0 Å². The Balaban J connectivity index is 1.36. The number of hydrogen-bond acceptors (Lipinski definition) is 6. The number of anilines is 2. The van der Waals surface area contributed by atoms with Gasteiger partial charge in [0, 0.05) is 24.6 Å². The zero-order chi connectivity index (χ0) is 24.1. The van der Waals surface area contributed by atoms with E-state index in [1.165, 1.54) is 24.3 Å². The van der Waals surface area contributed by atoms with Gasteiger partial charge in [-0.05, 0) is 49.2 Å². The van der Waals surface area contributed by atoms with Crippen molar-refractivity contribution >= 4 is 17.4 Å². The van der Waals surface area contributed by atoms with Gasteiger partial charge in [-0.25, -0.2) is 0 Å². The molecule has 0 bridgehead atoms. The van der Waals surface area contributed by atoms with Gasteiger partial charge in [0.05, 0.1) is 18.5 Å². The summed E-state index contributed by atoms with van der Waals surface area (Å²) < 4.78 is 47.2. The van der Waals surface area contributed by atoms with Crippen LogP contribution in [0.4, 0.5) is 24.7 Å². The van der Waals surface area contributed by atoms with Gasteiger partial charge in [-0.15, -0.1) is 23.4 Å². The Hall–Kier alpha value is -3.82. The molecule has 1 aliphatic rings. The van der Waals surface area contributed by atoms with E-state index in [1.807, 2.05) is 41.3 Å². The van der Waals surface area contributed by atoms with Gasteiger partial charge in [0.1, 0.15) is 5.75 Å². The van der Waals surface area contributed by atoms with E-state index >= 15 is 0 Å². The average molecular weight is 472 g/mol. The number of hydrogen-bond donors (Lipinski definition) is 1. The molecule has 7 nitrogen and oxygen atoms in total. The number of piperidine rings is 1. The van der Waals surface area contributed by atoms with Gasteiger partial charge < -0.3 is 19.7 Å². The van der Waals surface area contributed by atoms with Gasteiger partial charge in [0.15, 0.2) is 11.6 Å². The van der Waals surface area contributed by atoms with Crippen LogP contribution in [0.5, 0.6) is 11.5 Å². The van der Waals surface area contributed by atoms with Crippen LogP contribution in [0.2, 0.25) is 0 Å². The molecule has 1 aromatic heterocycles. The van der Waals surface area contributed by atoms with Crippen LogP contribution in [0.15, 0.2) is 60.7 Å². The van der Waals surface area contributed by atoms with Gasteiger partial charge in [0.2, 0.25) is 5.91 Å². The summed E-state index contributed by atoms with van der Waals surface area (Å²) in [7, 11) is 1.60. The number of alkyl halides is 3. The lowest BCUT2D eigenvalue weighted by Crippen LogP contribution is -2.38. The third kappa shape index (κ3) is 5.56. The standard InChI is InChI=1S/C24H23F3N4O3/c1-33-20-8-4-2-6-17(20)18-10-11-22(30-29-18)31-14-12-16(13-15-31)23(32)28-19-7-3-5-9-21(19)34-24(25,26)27/h2-11,16H,12-15H2,1H3,(H,28,32). The minimum atomic E-state index is -4.84. The number of benzene rings is 2. The Kier molecular flexibility index (Phi) is 6.85. The Morgan fingerprint density at radius 3 is 2.29 bits per heavy atom. The normalized spacial score (nSPS) is 14.5. The molecule has 0 radical (unpaired) electrons. The topological polar surface area (TPSA) is 76.6 Å². The fraction of sp³-hybridized carbons (Fsp3) is 0.292. The number of halogens is 3. The van der Waals surface area contributed by atoms with E-state index in [4.69, 9.17) is 4.74 Å². The Morgan fingerprint density at radius 1 is 0.971 bits per heavy atom. The second-order valence-electron chi connectivity index (χ2n) is 7.77. The van der Waals surface area contributed by atoms with Crippen molar-refractivity contribution in [3.05, 3.63) is 60.7 Å². The molecule has 4 rings (SSSR count). The molecule has 2 aromatic carbocycles.